The molecule has 2 aromatic rings. The number of rotatable bonds is 7. The number of aryl methyl sites for hydroxylation is 1. The normalized spacial score (nSPS) is 14.0. The van der Waals surface area contributed by atoms with Gasteiger partial charge in [-0.25, -0.2) is 9.78 Å². The maximum absolute atomic E-state index is 13.2. The smallest absolute Gasteiger partial charge is 0.329 e. The van der Waals surface area contributed by atoms with E-state index in [4.69, 9.17) is 0 Å². The second-order valence-corrected chi connectivity index (χ2v) is 6.81. The van der Waals surface area contributed by atoms with Gasteiger partial charge in [-0.15, -0.1) is 0 Å². The molecule has 0 radical (unpaired) electrons. The lowest BCUT2D eigenvalue weighted by Gasteiger charge is -2.22. The molecule has 7 heteroatoms. The Morgan fingerprint density at radius 3 is 2.62 bits per heavy atom. The van der Waals surface area contributed by atoms with Gasteiger partial charge < -0.3 is 4.90 Å². The van der Waals surface area contributed by atoms with Crippen LogP contribution in [0.5, 0.6) is 0 Å². The number of hydrogen-bond acceptors (Lipinski definition) is 4. The fourth-order valence-electron chi connectivity index (χ4n) is 3.27. The summed E-state index contributed by atoms with van der Waals surface area (Å²) in [6.07, 6.45) is 3.95. The molecule has 1 fully saturated rings. The van der Waals surface area contributed by atoms with Gasteiger partial charge in [-0.3, -0.25) is 19.1 Å². The van der Waals surface area contributed by atoms with E-state index in [0.717, 1.165) is 31.4 Å². The van der Waals surface area contributed by atoms with Gasteiger partial charge in [0, 0.05) is 31.2 Å². The Balaban J connectivity index is 2.24. The van der Waals surface area contributed by atoms with Gasteiger partial charge in [0.25, 0.3) is 11.5 Å². The number of pyridine rings is 1. The summed E-state index contributed by atoms with van der Waals surface area (Å²) in [4.78, 5) is 46.6. The van der Waals surface area contributed by atoms with E-state index >= 15 is 0 Å². The molecule has 2 aromatic heterocycles. The third-order valence-electron chi connectivity index (χ3n) is 4.96. The van der Waals surface area contributed by atoms with E-state index in [1.54, 1.807) is 11.0 Å². The highest BCUT2D eigenvalue weighted by Gasteiger charge is 2.29. The summed E-state index contributed by atoms with van der Waals surface area (Å²) in [6.45, 7) is 7.45. The zero-order valence-corrected chi connectivity index (χ0v) is 15.7. The van der Waals surface area contributed by atoms with Gasteiger partial charge in [-0.1, -0.05) is 13.3 Å². The van der Waals surface area contributed by atoms with Crippen LogP contribution in [0.25, 0.3) is 11.0 Å². The standard InChI is InChI=1S/C19H26N4O3/c1-4-7-10-22(5-2)18(25)13-11-14(12-8-9-12)20-16-15(13)17(24)21-19(26)23(16)6-3/h11-12H,4-10H2,1-3H3,(H,21,24,26). The average molecular weight is 358 g/mol. The van der Waals surface area contributed by atoms with E-state index in [0.29, 0.717) is 36.8 Å². The van der Waals surface area contributed by atoms with Gasteiger partial charge >= 0.3 is 5.69 Å². The van der Waals surface area contributed by atoms with E-state index in [-0.39, 0.29) is 11.3 Å². The SMILES string of the molecule is CCCCN(CC)C(=O)c1cc(C2CC2)nc2c1c(=O)[nH]c(=O)n2CC. The highest BCUT2D eigenvalue weighted by atomic mass is 16.2. The molecule has 3 rings (SSSR count). The molecule has 7 nitrogen and oxygen atoms in total. The molecule has 2 heterocycles. The third kappa shape index (κ3) is 3.30. The molecule has 140 valence electrons. The first-order valence-corrected chi connectivity index (χ1v) is 9.48. The van der Waals surface area contributed by atoms with Crippen LogP contribution in [-0.4, -0.2) is 38.4 Å². The van der Waals surface area contributed by atoms with Crippen molar-refractivity contribution in [2.75, 3.05) is 13.1 Å². The summed E-state index contributed by atoms with van der Waals surface area (Å²) in [5, 5.41) is 0.218. The summed E-state index contributed by atoms with van der Waals surface area (Å²) in [5.41, 5.74) is 0.458. The first-order valence-electron chi connectivity index (χ1n) is 9.48. The Kier molecular flexibility index (Phi) is 5.25. The summed E-state index contributed by atoms with van der Waals surface area (Å²) in [6, 6.07) is 1.76. The Morgan fingerprint density at radius 1 is 1.31 bits per heavy atom. The molecule has 1 saturated carbocycles. The van der Waals surface area contributed by atoms with Crippen molar-refractivity contribution in [1.29, 1.82) is 0 Å². The number of H-pyrrole nitrogens is 1. The number of fused-ring (bicyclic) bond motifs is 1. The van der Waals surface area contributed by atoms with Crippen molar-refractivity contribution in [2.45, 2.75) is 58.9 Å². The minimum Gasteiger partial charge on any atom is -0.339 e. The van der Waals surface area contributed by atoms with E-state index < -0.39 is 11.2 Å². The van der Waals surface area contributed by atoms with E-state index in [1.165, 1.54) is 4.57 Å². The van der Waals surface area contributed by atoms with Gasteiger partial charge in [0.1, 0.15) is 0 Å². The number of aromatic amines is 1. The predicted molar refractivity (Wildman–Crippen MR) is 101 cm³/mol. The van der Waals surface area contributed by atoms with E-state index in [2.05, 4.69) is 16.9 Å². The zero-order chi connectivity index (χ0) is 18.8. The number of aromatic nitrogens is 3. The number of amides is 1. The highest BCUT2D eigenvalue weighted by molar-refractivity contribution is 6.05. The van der Waals surface area contributed by atoms with Gasteiger partial charge in [-0.05, 0) is 39.2 Å². The van der Waals surface area contributed by atoms with Crippen LogP contribution in [0.2, 0.25) is 0 Å². The molecular weight excluding hydrogens is 332 g/mol. The molecule has 26 heavy (non-hydrogen) atoms. The summed E-state index contributed by atoms with van der Waals surface area (Å²) < 4.78 is 1.43. The second-order valence-electron chi connectivity index (χ2n) is 6.81. The maximum atomic E-state index is 13.2. The third-order valence-corrected chi connectivity index (χ3v) is 4.96. The monoisotopic (exact) mass is 358 g/mol. The molecule has 0 spiro atoms. The quantitative estimate of drug-likeness (QED) is 0.822. The predicted octanol–water partition coefficient (Wildman–Crippen LogP) is 2.24. The van der Waals surface area contributed by atoms with E-state index in [9.17, 15) is 14.4 Å². The van der Waals surface area contributed by atoms with Gasteiger partial charge in [0.15, 0.2) is 5.65 Å². The Morgan fingerprint density at radius 2 is 2.04 bits per heavy atom. The average Bonchev–Trinajstić information content (AvgIpc) is 3.46. The highest BCUT2D eigenvalue weighted by Crippen LogP contribution is 2.40. The number of carbonyl (C=O) groups is 1. The van der Waals surface area contributed by atoms with Crippen LogP contribution in [0.15, 0.2) is 15.7 Å². The molecule has 1 N–H and O–H groups in total. The largest absolute Gasteiger partial charge is 0.339 e. The lowest BCUT2D eigenvalue weighted by Crippen LogP contribution is -2.35. The van der Waals surface area contributed by atoms with Crippen LogP contribution in [0.1, 0.15) is 68.4 Å². The summed E-state index contributed by atoms with van der Waals surface area (Å²) in [7, 11) is 0. The minimum absolute atomic E-state index is 0.165. The van der Waals surface area contributed by atoms with Crippen LogP contribution in [0.3, 0.4) is 0 Å². The minimum atomic E-state index is -0.542. The number of nitrogens with zero attached hydrogens (tertiary/aromatic N) is 3. The molecule has 0 bridgehead atoms. The van der Waals surface area contributed by atoms with Gasteiger partial charge in [0.05, 0.1) is 10.9 Å². The van der Waals surface area contributed by atoms with Crippen LogP contribution in [-0.2, 0) is 6.54 Å². The molecule has 0 aromatic carbocycles. The Labute approximate surface area is 152 Å². The molecule has 0 aliphatic heterocycles. The second kappa shape index (κ2) is 7.43. The van der Waals surface area contributed by atoms with Crippen molar-refractivity contribution >= 4 is 16.9 Å². The first kappa shape index (κ1) is 18.4. The Hall–Kier alpha value is -2.44. The fraction of sp³-hybridized carbons (Fsp3) is 0.579. The Bertz CT molecular complexity index is 940. The first-order chi connectivity index (χ1) is 12.5. The lowest BCUT2D eigenvalue weighted by molar-refractivity contribution is 0.0764. The molecule has 1 amide bonds. The van der Waals surface area contributed by atoms with E-state index in [1.807, 2.05) is 13.8 Å². The molecule has 0 unspecified atom stereocenters. The van der Waals surface area contributed by atoms with Crippen LogP contribution < -0.4 is 11.2 Å². The molecule has 0 atom stereocenters. The van der Waals surface area contributed by atoms with Gasteiger partial charge in [-0.2, -0.15) is 0 Å². The van der Waals surface area contributed by atoms with Crippen molar-refractivity contribution < 1.29 is 4.79 Å². The molecule has 0 saturated heterocycles. The van der Waals surface area contributed by atoms with Crippen molar-refractivity contribution in [1.82, 2.24) is 19.4 Å². The van der Waals surface area contributed by atoms with Crippen molar-refractivity contribution in [3.05, 3.63) is 38.2 Å². The van der Waals surface area contributed by atoms with Crippen molar-refractivity contribution in [3.63, 3.8) is 0 Å². The van der Waals surface area contributed by atoms with Gasteiger partial charge in [0.2, 0.25) is 0 Å². The summed E-state index contributed by atoms with van der Waals surface area (Å²) in [5.74, 6) is 0.151. The fourth-order valence-corrected chi connectivity index (χ4v) is 3.27. The molecular formula is C19H26N4O3. The lowest BCUT2D eigenvalue weighted by atomic mass is 10.1. The van der Waals surface area contributed by atoms with Crippen LogP contribution in [0, 0.1) is 0 Å². The summed E-state index contributed by atoms with van der Waals surface area (Å²) >= 11 is 0. The number of unbranched alkanes of at least 4 members (excludes halogenated alkanes) is 1. The number of nitrogens with one attached hydrogen (secondary N) is 1. The zero-order valence-electron chi connectivity index (χ0n) is 15.7. The van der Waals surface area contributed by atoms with Crippen molar-refractivity contribution in [2.24, 2.45) is 0 Å². The van der Waals surface area contributed by atoms with Crippen molar-refractivity contribution in [3.8, 4) is 0 Å². The molecule has 1 aliphatic carbocycles. The number of carbonyl (C=O) groups excluding carboxylic acids is 1. The van der Waals surface area contributed by atoms with Crippen LogP contribution >= 0.6 is 0 Å². The topological polar surface area (TPSA) is 88.1 Å². The molecule has 1 aliphatic rings. The number of hydrogen-bond donors (Lipinski definition) is 1. The van der Waals surface area contributed by atoms with Crippen LogP contribution in [0.4, 0.5) is 0 Å². The maximum Gasteiger partial charge on any atom is 0.329 e.